The number of ether oxygens (including phenoxy) is 1. The van der Waals surface area contributed by atoms with Gasteiger partial charge in [-0.15, -0.1) is 0 Å². The third-order valence-electron chi connectivity index (χ3n) is 2.92. The van der Waals surface area contributed by atoms with Crippen molar-refractivity contribution in [1.29, 1.82) is 5.26 Å². The van der Waals surface area contributed by atoms with Crippen molar-refractivity contribution < 1.29 is 13.6 Å². The van der Waals surface area contributed by atoms with Gasteiger partial charge in [0, 0.05) is 0 Å². The van der Waals surface area contributed by atoms with Crippen LogP contribution >= 0.6 is 15.9 Å². The van der Waals surface area contributed by atoms with Crippen LogP contribution in [0.25, 0.3) is 11.7 Å². The molecule has 3 rings (SSSR count). The van der Waals surface area contributed by atoms with Gasteiger partial charge < -0.3 is 18.9 Å². The van der Waals surface area contributed by atoms with Crippen molar-refractivity contribution in [2.45, 2.75) is 0 Å². The third-order valence-corrected chi connectivity index (χ3v) is 3.34. The average molecular weight is 374 g/mol. The second-order valence-corrected chi connectivity index (χ2v) is 5.28. The summed E-state index contributed by atoms with van der Waals surface area (Å²) in [4.78, 5) is 4.10. The lowest BCUT2D eigenvalue weighted by Crippen LogP contribution is -2.11. The van der Waals surface area contributed by atoms with E-state index in [0.29, 0.717) is 29.5 Å². The van der Waals surface area contributed by atoms with Crippen LogP contribution in [0.3, 0.4) is 0 Å². The number of benzene rings is 1. The Kier molecular flexibility index (Phi) is 4.64. The van der Waals surface area contributed by atoms with Crippen molar-refractivity contribution in [1.82, 2.24) is 4.98 Å². The van der Waals surface area contributed by atoms with Crippen molar-refractivity contribution >= 4 is 21.8 Å². The molecular formula is C16H12BrN3O3. The number of nitrogens with zero attached hydrogens (tertiary/aromatic N) is 2. The van der Waals surface area contributed by atoms with Gasteiger partial charge in [0.2, 0.25) is 11.6 Å². The van der Waals surface area contributed by atoms with E-state index in [1.807, 2.05) is 36.4 Å². The van der Waals surface area contributed by atoms with Crippen LogP contribution in [0.2, 0.25) is 0 Å². The van der Waals surface area contributed by atoms with Gasteiger partial charge in [-0.05, 0) is 40.2 Å². The standard InChI is InChI=1S/C16H12BrN3O3/c17-14-7-6-13(22-14)16-20-12(10-18)15(23-16)19-8-9-21-11-4-2-1-3-5-11/h1-7,19H,8-9H2. The van der Waals surface area contributed by atoms with Gasteiger partial charge in [-0.3, -0.25) is 0 Å². The van der Waals surface area contributed by atoms with Gasteiger partial charge >= 0.3 is 0 Å². The molecule has 2 aromatic heterocycles. The fraction of sp³-hybridized carbons (Fsp3) is 0.125. The van der Waals surface area contributed by atoms with Gasteiger partial charge in [-0.2, -0.15) is 10.2 Å². The Labute approximate surface area is 140 Å². The summed E-state index contributed by atoms with van der Waals surface area (Å²) < 4.78 is 17.0. The summed E-state index contributed by atoms with van der Waals surface area (Å²) in [5, 5.41) is 12.1. The summed E-state index contributed by atoms with van der Waals surface area (Å²) in [6.45, 7) is 0.900. The molecule has 0 fully saturated rings. The lowest BCUT2D eigenvalue weighted by atomic mass is 10.3. The van der Waals surface area contributed by atoms with E-state index in [1.165, 1.54) is 0 Å². The maximum Gasteiger partial charge on any atom is 0.266 e. The van der Waals surface area contributed by atoms with Gasteiger partial charge in [-0.25, -0.2) is 0 Å². The molecule has 0 saturated carbocycles. The Hall–Kier alpha value is -2.72. The van der Waals surface area contributed by atoms with E-state index in [1.54, 1.807) is 12.1 Å². The number of nitriles is 1. The number of anilines is 1. The molecule has 1 N–H and O–H groups in total. The van der Waals surface area contributed by atoms with E-state index in [-0.39, 0.29) is 11.6 Å². The zero-order chi connectivity index (χ0) is 16.1. The van der Waals surface area contributed by atoms with Crippen LogP contribution in [0.1, 0.15) is 5.69 Å². The highest BCUT2D eigenvalue weighted by molar-refractivity contribution is 9.10. The zero-order valence-corrected chi connectivity index (χ0v) is 13.5. The van der Waals surface area contributed by atoms with Crippen LogP contribution in [-0.2, 0) is 0 Å². The molecule has 116 valence electrons. The second-order valence-electron chi connectivity index (χ2n) is 4.50. The molecule has 0 bridgehead atoms. The van der Waals surface area contributed by atoms with Crippen LogP contribution in [0.5, 0.6) is 5.75 Å². The minimum absolute atomic E-state index is 0.173. The molecule has 0 spiro atoms. The molecule has 7 heteroatoms. The molecule has 0 radical (unpaired) electrons. The molecule has 0 aliphatic carbocycles. The van der Waals surface area contributed by atoms with Crippen molar-refractivity contribution in [2.75, 3.05) is 18.5 Å². The number of hydrogen-bond donors (Lipinski definition) is 1. The van der Waals surface area contributed by atoms with Crippen LogP contribution < -0.4 is 10.1 Å². The Bertz CT molecular complexity index is 821. The average Bonchev–Trinajstić information content (AvgIpc) is 3.18. The molecule has 0 amide bonds. The molecule has 2 heterocycles. The largest absolute Gasteiger partial charge is 0.492 e. The molecule has 23 heavy (non-hydrogen) atoms. The fourth-order valence-electron chi connectivity index (χ4n) is 1.90. The molecular weight excluding hydrogens is 362 g/mol. The fourth-order valence-corrected chi connectivity index (χ4v) is 2.21. The van der Waals surface area contributed by atoms with Crippen LogP contribution in [0.4, 0.5) is 5.88 Å². The summed E-state index contributed by atoms with van der Waals surface area (Å²) >= 11 is 3.21. The molecule has 6 nitrogen and oxygen atoms in total. The first-order chi connectivity index (χ1) is 11.3. The number of nitrogens with one attached hydrogen (secondary N) is 1. The summed E-state index contributed by atoms with van der Waals surface area (Å²) in [7, 11) is 0. The number of halogens is 1. The van der Waals surface area contributed by atoms with Gasteiger partial charge in [0.05, 0.1) is 6.54 Å². The van der Waals surface area contributed by atoms with E-state index < -0.39 is 0 Å². The molecule has 0 aliphatic heterocycles. The minimum atomic E-state index is 0.173. The van der Waals surface area contributed by atoms with Crippen LogP contribution in [0.15, 0.2) is 56.0 Å². The summed E-state index contributed by atoms with van der Waals surface area (Å²) in [6, 6.07) is 14.9. The molecule has 0 aliphatic rings. The Morgan fingerprint density at radius 2 is 2.00 bits per heavy atom. The normalized spacial score (nSPS) is 10.3. The maximum absolute atomic E-state index is 9.13. The van der Waals surface area contributed by atoms with Crippen LogP contribution in [-0.4, -0.2) is 18.1 Å². The van der Waals surface area contributed by atoms with E-state index in [9.17, 15) is 0 Å². The highest BCUT2D eigenvalue weighted by Gasteiger charge is 2.16. The monoisotopic (exact) mass is 373 g/mol. The van der Waals surface area contributed by atoms with Crippen molar-refractivity contribution in [2.24, 2.45) is 0 Å². The predicted molar refractivity (Wildman–Crippen MR) is 87.0 cm³/mol. The van der Waals surface area contributed by atoms with Crippen molar-refractivity contribution in [3.8, 4) is 23.5 Å². The first kappa shape index (κ1) is 15.2. The lowest BCUT2D eigenvalue weighted by Gasteiger charge is -2.06. The number of para-hydroxylation sites is 1. The van der Waals surface area contributed by atoms with E-state index in [4.69, 9.17) is 18.8 Å². The third kappa shape index (κ3) is 3.73. The Morgan fingerprint density at radius 3 is 2.70 bits per heavy atom. The van der Waals surface area contributed by atoms with E-state index in [0.717, 1.165) is 5.75 Å². The number of hydrogen-bond acceptors (Lipinski definition) is 6. The van der Waals surface area contributed by atoms with Gasteiger partial charge in [0.1, 0.15) is 18.4 Å². The Morgan fingerprint density at radius 1 is 1.17 bits per heavy atom. The summed E-state index contributed by atoms with van der Waals surface area (Å²) in [5.41, 5.74) is 0.173. The highest BCUT2D eigenvalue weighted by Crippen LogP contribution is 2.28. The molecule has 1 aromatic carbocycles. The topological polar surface area (TPSA) is 84.2 Å². The molecule has 3 aromatic rings. The molecule has 0 unspecified atom stereocenters. The minimum Gasteiger partial charge on any atom is -0.492 e. The zero-order valence-electron chi connectivity index (χ0n) is 12.0. The lowest BCUT2D eigenvalue weighted by molar-refractivity contribution is 0.331. The first-order valence-electron chi connectivity index (χ1n) is 6.84. The number of furan rings is 1. The van der Waals surface area contributed by atoms with Crippen molar-refractivity contribution in [3.63, 3.8) is 0 Å². The second kappa shape index (κ2) is 7.03. The smallest absolute Gasteiger partial charge is 0.266 e. The molecule has 0 atom stereocenters. The first-order valence-corrected chi connectivity index (χ1v) is 7.64. The van der Waals surface area contributed by atoms with Gasteiger partial charge in [0.15, 0.2) is 10.4 Å². The van der Waals surface area contributed by atoms with E-state index in [2.05, 4.69) is 26.2 Å². The van der Waals surface area contributed by atoms with Crippen LogP contribution in [0, 0.1) is 11.3 Å². The highest BCUT2D eigenvalue weighted by atomic mass is 79.9. The number of oxazole rings is 1. The van der Waals surface area contributed by atoms with Gasteiger partial charge in [0.25, 0.3) is 5.89 Å². The Balaban J connectivity index is 1.61. The van der Waals surface area contributed by atoms with Gasteiger partial charge in [-0.1, -0.05) is 18.2 Å². The van der Waals surface area contributed by atoms with Crippen molar-refractivity contribution in [3.05, 3.63) is 52.8 Å². The summed E-state index contributed by atoms with van der Waals surface area (Å²) in [5.74, 6) is 1.78. The SMILES string of the molecule is N#Cc1nc(-c2ccc(Br)o2)oc1NCCOc1ccccc1. The molecule has 0 saturated heterocycles. The van der Waals surface area contributed by atoms with E-state index >= 15 is 0 Å². The maximum atomic E-state index is 9.13. The number of rotatable bonds is 6. The number of aromatic nitrogens is 1. The quantitative estimate of drug-likeness (QED) is 0.655. The summed E-state index contributed by atoms with van der Waals surface area (Å²) in [6.07, 6.45) is 0. The predicted octanol–water partition coefficient (Wildman–Crippen LogP) is 4.06.